The first-order valence-corrected chi connectivity index (χ1v) is 12.2. The lowest BCUT2D eigenvalue weighted by Crippen LogP contribution is -2.30. The van der Waals surface area contributed by atoms with Crippen LogP contribution in [0.1, 0.15) is 54.7 Å². The van der Waals surface area contributed by atoms with E-state index in [0.29, 0.717) is 17.7 Å². The van der Waals surface area contributed by atoms with Crippen molar-refractivity contribution in [3.8, 4) is 0 Å². The Bertz CT molecular complexity index is 908. The molecule has 1 aromatic heterocycles. The molecule has 7 heteroatoms. The molecule has 28 heavy (non-hydrogen) atoms. The average molecular weight is 421 g/mol. The third kappa shape index (κ3) is 5.01. The summed E-state index contributed by atoms with van der Waals surface area (Å²) in [5, 5.41) is 2.00. The monoisotopic (exact) mass is 420 g/mol. The van der Waals surface area contributed by atoms with E-state index in [9.17, 15) is 13.2 Å². The molecule has 1 aliphatic carbocycles. The van der Waals surface area contributed by atoms with E-state index in [0.717, 1.165) is 29.7 Å². The van der Waals surface area contributed by atoms with Crippen LogP contribution in [-0.4, -0.2) is 32.8 Å². The topological polar surface area (TPSA) is 66.5 Å². The standard InChI is InChI=1S/C21H28N2O3S2/c1-16(20-9-6-14-27-20)23(2)21(24)10-5-13-22-28(25,26)19-12-11-17-7-3-4-8-18(17)15-19/h6,9,11-12,14-16,22H,3-5,7-8,10,13H2,1-2H3. The zero-order valence-electron chi connectivity index (χ0n) is 16.5. The Morgan fingerprint density at radius 3 is 2.68 bits per heavy atom. The van der Waals surface area contributed by atoms with Crippen molar-refractivity contribution in [2.75, 3.05) is 13.6 Å². The van der Waals surface area contributed by atoms with Crippen LogP contribution in [0.4, 0.5) is 0 Å². The van der Waals surface area contributed by atoms with Crippen molar-refractivity contribution in [2.45, 2.75) is 56.4 Å². The first-order chi connectivity index (χ1) is 13.4. The molecule has 1 aromatic carbocycles. The lowest BCUT2D eigenvalue weighted by molar-refractivity contribution is -0.131. The summed E-state index contributed by atoms with van der Waals surface area (Å²) in [6.45, 7) is 2.26. The molecule has 3 rings (SSSR count). The molecule has 1 aliphatic rings. The number of nitrogens with one attached hydrogen (secondary N) is 1. The van der Waals surface area contributed by atoms with E-state index in [1.807, 2.05) is 30.5 Å². The molecule has 152 valence electrons. The zero-order valence-corrected chi connectivity index (χ0v) is 18.1. The number of fused-ring (bicyclic) bond motifs is 1. The Hall–Kier alpha value is -1.70. The van der Waals surface area contributed by atoms with Gasteiger partial charge in [-0.25, -0.2) is 13.1 Å². The van der Waals surface area contributed by atoms with E-state index in [-0.39, 0.29) is 18.5 Å². The SMILES string of the molecule is CC(c1cccs1)N(C)C(=O)CCCNS(=O)(=O)c1ccc2c(c1)CCCC2. The molecule has 1 unspecified atom stereocenters. The van der Waals surface area contributed by atoms with Gasteiger partial charge in [0.25, 0.3) is 0 Å². The first kappa shape index (κ1) is 21.0. The summed E-state index contributed by atoms with van der Waals surface area (Å²) in [7, 11) is -1.74. The number of carbonyl (C=O) groups is 1. The Morgan fingerprint density at radius 2 is 1.96 bits per heavy atom. The molecular formula is C21H28N2O3S2. The summed E-state index contributed by atoms with van der Waals surface area (Å²) in [5.74, 6) is 0.0221. The van der Waals surface area contributed by atoms with Crippen molar-refractivity contribution in [1.29, 1.82) is 0 Å². The summed E-state index contributed by atoms with van der Waals surface area (Å²) in [5.41, 5.74) is 2.41. The second-order valence-corrected chi connectivity index (χ2v) is 10.1. The van der Waals surface area contributed by atoms with Crippen molar-refractivity contribution in [3.05, 3.63) is 51.7 Å². The number of sulfonamides is 1. The lowest BCUT2D eigenvalue weighted by Gasteiger charge is -2.24. The van der Waals surface area contributed by atoms with Gasteiger partial charge in [0.1, 0.15) is 0 Å². The Morgan fingerprint density at radius 1 is 1.21 bits per heavy atom. The predicted octanol–water partition coefficient (Wildman–Crippen LogP) is 3.91. The van der Waals surface area contributed by atoms with Gasteiger partial charge in [-0.3, -0.25) is 4.79 Å². The van der Waals surface area contributed by atoms with Gasteiger partial charge in [0, 0.05) is 24.9 Å². The van der Waals surface area contributed by atoms with Gasteiger partial charge < -0.3 is 4.90 Å². The van der Waals surface area contributed by atoms with Crippen molar-refractivity contribution in [1.82, 2.24) is 9.62 Å². The van der Waals surface area contributed by atoms with Gasteiger partial charge in [0.05, 0.1) is 10.9 Å². The number of hydrogen-bond acceptors (Lipinski definition) is 4. The number of rotatable bonds is 8. The molecule has 0 bridgehead atoms. The molecule has 0 spiro atoms. The third-order valence-corrected chi connectivity index (χ3v) is 7.92. The van der Waals surface area contributed by atoms with E-state index in [1.54, 1.807) is 35.4 Å². The van der Waals surface area contributed by atoms with Crippen molar-refractivity contribution in [3.63, 3.8) is 0 Å². The van der Waals surface area contributed by atoms with Crippen LogP contribution in [0.5, 0.6) is 0 Å². The quantitative estimate of drug-likeness (QED) is 0.659. The predicted molar refractivity (Wildman–Crippen MR) is 113 cm³/mol. The van der Waals surface area contributed by atoms with E-state index in [2.05, 4.69) is 4.72 Å². The van der Waals surface area contributed by atoms with Gasteiger partial charge in [-0.2, -0.15) is 0 Å². The number of carbonyl (C=O) groups excluding carboxylic acids is 1. The smallest absolute Gasteiger partial charge is 0.240 e. The number of thiophene rings is 1. The van der Waals surface area contributed by atoms with E-state index < -0.39 is 10.0 Å². The van der Waals surface area contributed by atoms with Crippen molar-refractivity contribution < 1.29 is 13.2 Å². The molecule has 0 saturated carbocycles. The lowest BCUT2D eigenvalue weighted by atomic mass is 9.92. The molecule has 0 aliphatic heterocycles. The molecule has 0 saturated heterocycles. The van der Waals surface area contributed by atoms with Crippen LogP contribution in [0.2, 0.25) is 0 Å². The molecule has 1 N–H and O–H groups in total. The van der Waals surface area contributed by atoms with Gasteiger partial charge >= 0.3 is 0 Å². The number of benzene rings is 1. The second-order valence-electron chi connectivity index (χ2n) is 7.33. The zero-order chi connectivity index (χ0) is 20.1. The minimum atomic E-state index is -3.54. The van der Waals surface area contributed by atoms with Crippen molar-refractivity contribution in [2.24, 2.45) is 0 Å². The van der Waals surface area contributed by atoms with E-state index in [4.69, 9.17) is 0 Å². The van der Waals surface area contributed by atoms with Crippen LogP contribution < -0.4 is 4.72 Å². The average Bonchev–Trinajstić information content (AvgIpc) is 3.24. The molecule has 1 atom stereocenters. The van der Waals surface area contributed by atoms with Crippen LogP contribution in [0, 0.1) is 0 Å². The number of hydrogen-bond donors (Lipinski definition) is 1. The number of amides is 1. The van der Waals surface area contributed by atoms with Gasteiger partial charge in [-0.1, -0.05) is 12.1 Å². The molecule has 2 aromatic rings. The summed E-state index contributed by atoms with van der Waals surface area (Å²) in [6, 6.07) is 9.45. The van der Waals surface area contributed by atoms with Crippen LogP contribution >= 0.6 is 11.3 Å². The van der Waals surface area contributed by atoms with Crippen LogP contribution in [0.3, 0.4) is 0 Å². The Labute approximate surface area is 171 Å². The van der Waals surface area contributed by atoms with Crippen LogP contribution in [0.25, 0.3) is 0 Å². The summed E-state index contributed by atoms with van der Waals surface area (Å²) in [4.78, 5) is 15.6. The highest BCUT2D eigenvalue weighted by Crippen LogP contribution is 2.25. The maximum atomic E-state index is 12.6. The fourth-order valence-corrected chi connectivity index (χ4v) is 5.47. The molecule has 1 heterocycles. The third-order valence-electron chi connectivity index (χ3n) is 5.42. The van der Waals surface area contributed by atoms with Crippen LogP contribution in [0.15, 0.2) is 40.6 Å². The Kier molecular flexibility index (Phi) is 6.91. The van der Waals surface area contributed by atoms with Gasteiger partial charge in [0.15, 0.2) is 0 Å². The van der Waals surface area contributed by atoms with E-state index in [1.165, 1.54) is 12.0 Å². The summed E-state index contributed by atoms with van der Waals surface area (Å²) in [6.07, 6.45) is 5.06. The maximum Gasteiger partial charge on any atom is 0.240 e. The summed E-state index contributed by atoms with van der Waals surface area (Å²) >= 11 is 1.63. The summed E-state index contributed by atoms with van der Waals surface area (Å²) < 4.78 is 27.7. The van der Waals surface area contributed by atoms with Gasteiger partial charge in [-0.15, -0.1) is 11.3 Å². The highest BCUT2D eigenvalue weighted by Gasteiger charge is 2.19. The molecule has 0 radical (unpaired) electrons. The van der Waals surface area contributed by atoms with Gasteiger partial charge in [0.2, 0.25) is 15.9 Å². The molecule has 1 amide bonds. The van der Waals surface area contributed by atoms with Gasteiger partial charge in [-0.05, 0) is 73.7 Å². The number of nitrogens with zero attached hydrogens (tertiary/aromatic N) is 1. The highest BCUT2D eigenvalue weighted by molar-refractivity contribution is 7.89. The van der Waals surface area contributed by atoms with Crippen molar-refractivity contribution >= 4 is 27.3 Å². The Balaban J connectivity index is 1.49. The normalized spacial score (nSPS) is 15.1. The minimum Gasteiger partial charge on any atom is -0.338 e. The van der Waals surface area contributed by atoms with Crippen LogP contribution in [-0.2, 0) is 27.7 Å². The molecule has 5 nitrogen and oxygen atoms in total. The first-order valence-electron chi connectivity index (χ1n) is 9.79. The van der Waals surface area contributed by atoms with E-state index >= 15 is 0 Å². The highest BCUT2D eigenvalue weighted by atomic mass is 32.2. The maximum absolute atomic E-state index is 12.6. The number of aryl methyl sites for hydroxylation is 2. The fourth-order valence-electron chi connectivity index (χ4n) is 3.52. The molecule has 0 fully saturated rings. The largest absolute Gasteiger partial charge is 0.338 e. The molecular weight excluding hydrogens is 392 g/mol. The minimum absolute atomic E-state index is 0.0221. The fraction of sp³-hybridized carbons (Fsp3) is 0.476. The second kappa shape index (κ2) is 9.20.